The van der Waals surface area contributed by atoms with Crippen LogP contribution in [-0.4, -0.2) is 23.3 Å². The lowest BCUT2D eigenvalue weighted by atomic mass is 9.82. The van der Waals surface area contributed by atoms with Gasteiger partial charge in [0.05, 0.1) is 5.69 Å². The number of anilines is 1. The smallest absolute Gasteiger partial charge is 0.169 e. The number of hydrogen-bond donors (Lipinski definition) is 0. The Morgan fingerprint density at radius 3 is 2.30 bits per heavy atom. The van der Waals surface area contributed by atoms with E-state index in [0.717, 1.165) is 61.4 Å². The van der Waals surface area contributed by atoms with Gasteiger partial charge in [0.2, 0.25) is 0 Å². The van der Waals surface area contributed by atoms with Gasteiger partial charge in [0, 0.05) is 13.1 Å². The van der Waals surface area contributed by atoms with E-state index in [0.29, 0.717) is 5.41 Å². The SMILES string of the molecule is CCc1nnc(N2CCC(C)(C)CC2)c(C#N)c1CC. The van der Waals surface area contributed by atoms with Crippen LogP contribution in [0.2, 0.25) is 0 Å². The molecule has 0 amide bonds. The molecule has 4 nitrogen and oxygen atoms in total. The highest BCUT2D eigenvalue weighted by atomic mass is 15.3. The summed E-state index contributed by atoms with van der Waals surface area (Å²) in [7, 11) is 0. The molecule has 1 aromatic heterocycles. The maximum atomic E-state index is 9.54. The first kappa shape index (κ1) is 14.8. The lowest BCUT2D eigenvalue weighted by molar-refractivity contribution is 0.279. The van der Waals surface area contributed by atoms with Gasteiger partial charge in [0.25, 0.3) is 0 Å². The molecule has 0 unspecified atom stereocenters. The van der Waals surface area contributed by atoms with Gasteiger partial charge >= 0.3 is 0 Å². The van der Waals surface area contributed by atoms with Crippen LogP contribution in [0.3, 0.4) is 0 Å². The summed E-state index contributed by atoms with van der Waals surface area (Å²) in [4.78, 5) is 2.23. The van der Waals surface area contributed by atoms with Gasteiger partial charge in [-0.3, -0.25) is 0 Å². The summed E-state index contributed by atoms with van der Waals surface area (Å²) < 4.78 is 0. The largest absolute Gasteiger partial charge is 0.354 e. The van der Waals surface area contributed by atoms with Gasteiger partial charge in [0.1, 0.15) is 11.6 Å². The second-order valence-electron chi connectivity index (χ2n) is 6.29. The maximum Gasteiger partial charge on any atom is 0.169 e. The third-order valence-corrected chi connectivity index (χ3v) is 4.36. The molecule has 0 radical (unpaired) electrons. The van der Waals surface area contributed by atoms with E-state index in [9.17, 15) is 5.26 Å². The molecule has 0 bridgehead atoms. The molecule has 1 saturated heterocycles. The first-order valence-electron chi connectivity index (χ1n) is 7.56. The molecule has 0 N–H and O–H groups in total. The van der Waals surface area contributed by atoms with Gasteiger partial charge < -0.3 is 4.90 Å². The number of aryl methyl sites for hydroxylation is 1. The van der Waals surface area contributed by atoms with Gasteiger partial charge in [-0.25, -0.2) is 0 Å². The molecular weight excluding hydrogens is 248 g/mol. The lowest BCUT2D eigenvalue weighted by Gasteiger charge is -2.37. The van der Waals surface area contributed by atoms with Crippen LogP contribution >= 0.6 is 0 Å². The monoisotopic (exact) mass is 272 g/mol. The molecule has 1 aliphatic heterocycles. The fourth-order valence-corrected chi connectivity index (χ4v) is 2.82. The molecule has 0 spiro atoms. The zero-order valence-corrected chi connectivity index (χ0v) is 13.0. The Balaban J connectivity index is 2.36. The van der Waals surface area contributed by atoms with E-state index >= 15 is 0 Å². The predicted octanol–water partition coefficient (Wildman–Crippen LogP) is 3.10. The second kappa shape index (κ2) is 5.78. The van der Waals surface area contributed by atoms with Crippen LogP contribution in [0.1, 0.15) is 57.4 Å². The highest BCUT2D eigenvalue weighted by Crippen LogP contribution is 2.33. The van der Waals surface area contributed by atoms with E-state index in [-0.39, 0.29) is 0 Å². The Bertz CT molecular complexity index is 518. The van der Waals surface area contributed by atoms with Crippen LogP contribution in [0.25, 0.3) is 0 Å². The zero-order chi connectivity index (χ0) is 14.8. The number of rotatable bonds is 3. The van der Waals surface area contributed by atoms with E-state index in [4.69, 9.17) is 0 Å². The zero-order valence-electron chi connectivity index (χ0n) is 13.0. The van der Waals surface area contributed by atoms with Crippen molar-refractivity contribution >= 4 is 5.82 Å². The number of piperidine rings is 1. The van der Waals surface area contributed by atoms with E-state index in [1.165, 1.54) is 0 Å². The van der Waals surface area contributed by atoms with Crippen molar-refractivity contribution in [1.82, 2.24) is 10.2 Å². The molecule has 1 fully saturated rings. The molecule has 4 heteroatoms. The summed E-state index contributed by atoms with van der Waals surface area (Å²) in [5, 5.41) is 18.2. The standard InChI is InChI=1S/C16H24N4/c1-5-12-13(11-17)15(19-18-14(12)6-2)20-9-7-16(3,4)8-10-20/h5-10H2,1-4H3. The number of nitriles is 1. The minimum Gasteiger partial charge on any atom is -0.354 e. The molecule has 1 aromatic rings. The Hall–Kier alpha value is -1.63. The molecule has 2 heterocycles. The molecule has 0 aromatic carbocycles. The summed E-state index contributed by atoms with van der Waals surface area (Å²) in [6.45, 7) is 10.7. The summed E-state index contributed by atoms with van der Waals surface area (Å²) in [5.74, 6) is 0.789. The van der Waals surface area contributed by atoms with Crippen LogP contribution < -0.4 is 4.90 Å². The van der Waals surface area contributed by atoms with Crippen molar-refractivity contribution in [3.05, 3.63) is 16.8 Å². The summed E-state index contributed by atoms with van der Waals surface area (Å²) >= 11 is 0. The van der Waals surface area contributed by atoms with Crippen molar-refractivity contribution in [1.29, 1.82) is 5.26 Å². The molecule has 108 valence electrons. The van der Waals surface area contributed by atoms with Crippen molar-refractivity contribution in [2.24, 2.45) is 5.41 Å². The summed E-state index contributed by atoms with van der Waals surface area (Å²) in [5.41, 5.74) is 3.17. The van der Waals surface area contributed by atoms with Crippen molar-refractivity contribution < 1.29 is 0 Å². The van der Waals surface area contributed by atoms with Crippen molar-refractivity contribution in [3.8, 4) is 6.07 Å². The first-order chi connectivity index (χ1) is 9.52. The van der Waals surface area contributed by atoms with Crippen LogP contribution in [-0.2, 0) is 12.8 Å². The fraction of sp³-hybridized carbons (Fsp3) is 0.688. The number of nitrogens with zero attached hydrogens (tertiary/aromatic N) is 4. The van der Waals surface area contributed by atoms with Gasteiger partial charge in [-0.1, -0.05) is 27.7 Å². The molecule has 1 aliphatic rings. The topological polar surface area (TPSA) is 52.8 Å². The summed E-state index contributed by atoms with van der Waals surface area (Å²) in [6.07, 6.45) is 3.94. The molecule has 0 saturated carbocycles. The van der Waals surface area contributed by atoms with Crippen LogP contribution in [0.4, 0.5) is 5.82 Å². The fourth-order valence-electron chi connectivity index (χ4n) is 2.82. The number of hydrogen-bond acceptors (Lipinski definition) is 4. The minimum absolute atomic E-state index is 0.397. The quantitative estimate of drug-likeness (QED) is 0.848. The van der Waals surface area contributed by atoms with Gasteiger partial charge in [-0.15, -0.1) is 5.10 Å². The van der Waals surface area contributed by atoms with Crippen molar-refractivity contribution in [2.75, 3.05) is 18.0 Å². The Kier molecular flexibility index (Phi) is 4.27. The van der Waals surface area contributed by atoms with Crippen LogP contribution in [0.15, 0.2) is 0 Å². The van der Waals surface area contributed by atoms with Crippen LogP contribution in [0.5, 0.6) is 0 Å². The molecule has 2 rings (SSSR count). The third-order valence-electron chi connectivity index (χ3n) is 4.36. The highest BCUT2D eigenvalue weighted by Gasteiger charge is 2.28. The van der Waals surface area contributed by atoms with Crippen molar-refractivity contribution in [2.45, 2.75) is 53.4 Å². The van der Waals surface area contributed by atoms with E-state index in [1.54, 1.807) is 0 Å². The summed E-state index contributed by atoms with van der Waals surface area (Å²) in [6, 6.07) is 2.36. The molecular formula is C16H24N4. The average Bonchev–Trinajstić information content (AvgIpc) is 2.45. The Morgan fingerprint density at radius 1 is 1.15 bits per heavy atom. The molecule has 0 aliphatic carbocycles. The Labute approximate surface area is 121 Å². The third kappa shape index (κ3) is 2.77. The van der Waals surface area contributed by atoms with Gasteiger partial charge in [0.15, 0.2) is 5.82 Å². The first-order valence-corrected chi connectivity index (χ1v) is 7.56. The normalized spacial score (nSPS) is 17.9. The Morgan fingerprint density at radius 2 is 1.80 bits per heavy atom. The minimum atomic E-state index is 0.397. The number of aromatic nitrogens is 2. The maximum absolute atomic E-state index is 9.54. The lowest BCUT2D eigenvalue weighted by Crippen LogP contribution is -2.38. The molecule has 0 atom stereocenters. The van der Waals surface area contributed by atoms with E-state index in [1.807, 2.05) is 0 Å². The van der Waals surface area contributed by atoms with Crippen LogP contribution in [0, 0.1) is 16.7 Å². The van der Waals surface area contributed by atoms with Crippen molar-refractivity contribution in [3.63, 3.8) is 0 Å². The highest BCUT2D eigenvalue weighted by molar-refractivity contribution is 5.58. The van der Waals surface area contributed by atoms with E-state index in [2.05, 4.69) is 48.9 Å². The second-order valence-corrected chi connectivity index (χ2v) is 6.29. The predicted molar refractivity (Wildman–Crippen MR) is 80.7 cm³/mol. The van der Waals surface area contributed by atoms with E-state index < -0.39 is 0 Å². The molecule has 20 heavy (non-hydrogen) atoms. The van der Waals surface area contributed by atoms with Gasteiger partial charge in [-0.2, -0.15) is 10.4 Å². The average molecular weight is 272 g/mol. The van der Waals surface area contributed by atoms with Gasteiger partial charge in [-0.05, 0) is 36.7 Å².